The first kappa shape index (κ1) is 23.5. The predicted molar refractivity (Wildman–Crippen MR) is 120 cm³/mol. The van der Waals surface area contributed by atoms with Gasteiger partial charge >= 0.3 is 0 Å². The van der Waals surface area contributed by atoms with E-state index < -0.39 is 6.04 Å². The van der Waals surface area contributed by atoms with Gasteiger partial charge in [0.15, 0.2) is 6.61 Å². The fourth-order valence-corrected chi connectivity index (χ4v) is 3.19. The van der Waals surface area contributed by atoms with E-state index in [-0.39, 0.29) is 24.5 Å². The SMILES string of the molecule is CC[C@H](C(=O)N[C@@H](C)CC)N(Cc1ccccc1C)C(=O)COc1ccc(C)cc1. The van der Waals surface area contributed by atoms with Crippen LogP contribution in [0.2, 0.25) is 0 Å². The fourth-order valence-electron chi connectivity index (χ4n) is 3.19. The van der Waals surface area contributed by atoms with Gasteiger partial charge in [-0.2, -0.15) is 0 Å². The zero-order valence-corrected chi connectivity index (χ0v) is 18.8. The number of hydrogen-bond acceptors (Lipinski definition) is 3. The minimum absolute atomic E-state index is 0.0609. The highest BCUT2D eigenvalue weighted by Gasteiger charge is 2.29. The second-order valence-corrected chi connectivity index (χ2v) is 7.79. The summed E-state index contributed by atoms with van der Waals surface area (Å²) in [6.07, 6.45) is 1.37. The van der Waals surface area contributed by atoms with E-state index in [1.54, 1.807) is 4.90 Å². The van der Waals surface area contributed by atoms with Crippen molar-refractivity contribution < 1.29 is 14.3 Å². The molecule has 0 aliphatic rings. The number of aryl methyl sites for hydroxylation is 2. The molecule has 0 heterocycles. The number of ether oxygens (including phenoxy) is 1. The molecular formula is C25H34N2O3. The van der Waals surface area contributed by atoms with Crippen LogP contribution < -0.4 is 10.1 Å². The van der Waals surface area contributed by atoms with Crippen molar-refractivity contribution in [3.05, 3.63) is 65.2 Å². The number of benzene rings is 2. The standard InChI is InChI=1S/C25H34N2O3/c1-6-20(5)26-25(29)23(7-2)27(16-21-11-9-8-10-19(21)4)24(28)17-30-22-14-12-18(3)13-15-22/h8-15,20,23H,6-7,16-17H2,1-5H3,(H,26,29)/t20-,23+/m0/s1. The third-order valence-corrected chi connectivity index (χ3v) is 5.37. The molecule has 0 saturated carbocycles. The zero-order chi connectivity index (χ0) is 22.1. The quantitative estimate of drug-likeness (QED) is 0.631. The minimum atomic E-state index is -0.548. The van der Waals surface area contributed by atoms with Gasteiger partial charge in [0.25, 0.3) is 5.91 Å². The van der Waals surface area contributed by atoms with Crippen molar-refractivity contribution in [3.63, 3.8) is 0 Å². The molecule has 0 saturated heterocycles. The van der Waals surface area contributed by atoms with E-state index in [0.29, 0.717) is 18.7 Å². The molecule has 0 fully saturated rings. The maximum Gasteiger partial charge on any atom is 0.261 e. The number of carbonyl (C=O) groups is 2. The predicted octanol–water partition coefficient (Wildman–Crippen LogP) is 4.40. The van der Waals surface area contributed by atoms with Crippen LogP contribution in [0, 0.1) is 13.8 Å². The van der Waals surface area contributed by atoms with Crippen molar-refractivity contribution in [2.24, 2.45) is 0 Å². The fraction of sp³-hybridized carbons (Fsp3) is 0.440. The van der Waals surface area contributed by atoms with Crippen LogP contribution in [0.4, 0.5) is 0 Å². The summed E-state index contributed by atoms with van der Waals surface area (Å²) in [6.45, 7) is 10.2. The molecule has 0 aliphatic carbocycles. The van der Waals surface area contributed by atoms with Crippen LogP contribution in [0.25, 0.3) is 0 Å². The number of carbonyl (C=O) groups excluding carboxylic acids is 2. The Morgan fingerprint density at radius 3 is 2.27 bits per heavy atom. The van der Waals surface area contributed by atoms with Crippen molar-refractivity contribution in [2.75, 3.05) is 6.61 Å². The maximum atomic E-state index is 13.2. The summed E-state index contributed by atoms with van der Waals surface area (Å²) in [4.78, 5) is 27.8. The lowest BCUT2D eigenvalue weighted by molar-refractivity contribution is -0.143. The van der Waals surface area contributed by atoms with E-state index in [2.05, 4.69) is 5.32 Å². The number of hydrogen-bond donors (Lipinski definition) is 1. The average Bonchev–Trinajstić information content (AvgIpc) is 2.74. The second-order valence-electron chi connectivity index (χ2n) is 7.79. The molecule has 2 amide bonds. The van der Waals surface area contributed by atoms with Crippen LogP contribution in [0.15, 0.2) is 48.5 Å². The van der Waals surface area contributed by atoms with Gasteiger partial charge in [0.2, 0.25) is 5.91 Å². The number of rotatable bonds is 10. The molecule has 2 aromatic carbocycles. The van der Waals surface area contributed by atoms with Crippen molar-refractivity contribution >= 4 is 11.8 Å². The molecule has 0 spiro atoms. The first-order valence-corrected chi connectivity index (χ1v) is 10.7. The molecule has 0 bridgehead atoms. The van der Waals surface area contributed by atoms with Gasteiger partial charge in [0, 0.05) is 12.6 Å². The molecule has 0 aromatic heterocycles. The summed E-state index contributed by atoms with van der Waals surface area (Å²) in [5.41, 5.74) is 3.24. The summed E-state index contributed by atoms with van der Waals surface area (Å²) in [6, 6.07) is 15.0. The molecule has 0 aliphatic heterocycles. The third-order valence-electron chi connectivity index (χ3n) is 5.37. The first-order chi connectivity index (χ1) is 14.3. The number of nitrogens with one attached hydrogen (secondary N) is 1. The van der Waals surface area contributed by atoms with Crippen molar-refractivity contribution in [3.8, 4) is 5.75 Å². The maximum absolute atomic E-state index is 13.2. The van der Waals surface area contributed by atoms with Crippen LogP contribution in [0.5, 0.6) is 5.75 Å². The Hall–Kier alpha value is -2.82. The normalized spacial score (nSPS) is 12.7. The molecule has 2 atom stereocenters. The van der Waals surface area contributed by atoms with E-state index in [1.807, 2.05) is 83.1 Å². The molecule has 0 radical (unpaired) electrons. The Balaban J connectivity index is 2.21. The van der Waals surface area contributed by atoms with Crippen LogP contribution in [0.1, 0.15) is 50.3 Å². The molecule has 5 heteroatoms. The van der Waals surface area contributed by atoms with E-state index >= 15 is 0 Å². The first-order valence-electron chi connectivity index (χ1n) is 10.7. The Bertz CT molecular complexity index is 833. The van der Waals surface area contributed by atoms with E-state index in [0.717, 1.165) is 23.1 Å². The molecule has 30 heavy (non-hydrogen) atoms. The van der Waals surface area contributed by atoms with Gasteiger partial charge in [-0.25, -0.2) is 0 Å². The molecule has 5 nitrogen and oxygen atoms in total. The van der Waals surface area contributed by atoms with Crippen molar-refractivity contribution in [1.29, 1.82) is 0 Å². The van der Waals surface area contributed by atoms with Crippen molar-refractivity contribution in [2.45, 2.75) is 66.1 Å². The largest absolute Gasteiger partial charge is 0.484 e. The smallest absolute Gasteiger partial charge is 0.261 e. The minimum Gasteiger partial charge on any atom is -0.484 e. The summed E-state index contributed by atoms with van der Waals surface area (Å²) >= 11 is 0. The monoisotopic (exact) mass is 410 g/mol. The average molecular weight is 411 g/mol. The summed E-state index contributed by atoms with van der Waals surface area (Å²) in [7, 11) is 0. The highest BCUT2D eigenvalue weighted by atomic mass is 16.5. The topological polar surface area (TPSA) is 58.6 Å². The lowest BCUT2D eigenvalue weighted by atomic mass is 10.1. The molecule has 2 rings (SSSR count). The van der Waals surface area contributed by atoms with Crippen LogP contribution >= 0.6 is 0 Å². The molecule has 0 unspecified atom stereocenters. The lowest BCUT2D eigenvalue weighted by Crippen LogP contribution is -2.51. The number of nitrogens with zero attached hydrogens (tertiary/aromatic N) is 1. The van der Waals surface area contributed by atoms with Gasteiger partial charge in [0.1, 0.15) is 11.8 Å². The zero-order valence-electron chi connectivity index (χ0n) is 18.8. The Labute approximate surface area is 180 Å². The lowest BCUT2D eigenvalue weighted by Gasteiger charge is -2.31. The Morgan fingerprint density at radius 2 is 1.67 bits per heavy atom. The third kappa shape index (κ3) is 6.61. The second kappa shape index (κ2) is 11.4. The van der Waals surface area contributed by atoms with E-state index in [4.69, 9.17) is 4.74 Å². The van der Waals surface area contributed by atoms with E-state index in [9.17, 15) is 9.59 Å². The highest BCUT2D eigenvalue weighted by molar-refractivity contribution is 5.88. The van der Waals surface area contributed by atoms with Crippen LogP contribution in [0.3, 0.4) is 0 Å². The van der Waals surface area contributed by atoms with Gasteiger partial charge in [-0.15, -0.1) is 0 Å². The van der Waals surface area contributed by atoms with Gasteiger partial charge in [-0.1, -0.05) is 55.8 Å². The molecule has 162 valence electrons. The van der Waals surface area contributed by atoms with Gasteiger partial charge in [0.05, 0.1) is 0 Å². The molecule has 2 aromatic rings. The summed E-state index contributed by atoms with van der Waals surface area (Å²) in [5.74, 6) is 0.316. The molecular weight excluding hydrogens is 376 g/mol. The van der Waals surface area contributed by atoms with Crippen molar-refractivity contribution in [1.82, 2.24) is 10.2 Å². The summed E-state index contributed by atoms with van der Waals surface area (Å²) < 4.78 is 5.73. The highest BCUT2D eigenvalue weighted by Crippen LogP contribution is 2.17. The van der Waals surface area contributed by atoms with Gasteiger partial charge in [-0.05, 0) is 56.9 Å². The van der Waals surface area contributed by atoms with Gasteiger partial charge < -0.3 is 15.0 Å². The van der Waals surface area contributed by atoms with Crippen LogP contribution in [-0.2, 0) is 16.1 Å². The number of amides is 2. The molecule has 1 N–H and O–H groups in total. The van der Waals surface area contributed by atoms with Gasteiger partial charge in [-0.3, -0.25) is 9.59 Å². The Morgan fingerprint density at radius 1 is 1.00 bits per heavy atom. The van der Waals surface area contributed by atoms with E-state index in [1.165, 1.54) is 0 Å². The van der Waals surface area contributed by atoms with Crippen LogP contribution in [-0.4, -0.2) is 35.4 Å². The summed E-state index contributed by atoms with van der Waals surface area (Å²) in [5, 5.41) is 3.02. The Kier molecular flexibility index (Phi) is 8.90.